The van der Waals surface area contributed by atoms with Crippen molar-refractivity contribution < 1.29 is 14.3 Å². The summed E-state index contributed by atoms with van der Waals surface area (Å²) in [7, 11) is 3.18. The topological polar surface area (TPSA) is 85.7 Å². The summed E-state index contributed by atoms with van der Waals surface area (Å²) in [5.41, 5.74) is 2.88. The molecule has 4 aromatic rings. The zero-order valence-electron chi connectivity index (χ0n) is 21.4. The summed E-state index contributed by atoms with van der Waals surface area (Å²) in [6.07, 6.45) is 0.363. The van der Waals surface area contributed by atoms with E-state index in [-0.39, 0.29) is 18.0 Å². The van der Waals surface area contributed by atoms with Crippen LogP contribution in [-0.2, 0) is 19.5 Å². The molecule has 1 aromatic heterocycles. The first-order valence-electron chi connectivity index (χ1n) is 12.3. The zero-order chi connectivity index (χ0) is 27.5. The largest absolute Gasteiger partial charge is 0.497 e. The molecule has 1 amide bonds. The standard InChI is InChI=1S/C29H26Cl2N4O4/c1-38-20-10-7-18(8-11-20)16-32-29-33-24-17-34(27(36)19-9-12-22(30)23(31)15-19)14-13-21(24)28(37)35(29)25-5-3-4-6-26(25)39-2/h3-12,15H,13-14,16-17H2,1-2H3,(H,32,33). The molecule has 2 heterocycles. The monoisotopic (exact) mass is 564 g/mol. The van der Waals surface area contributed by atoms with Gasteiger partial charge in [-0.3, -0.25) is 9.59 Å². The SMILES string of the molecule is COc1ccc(CNc2nc3c(c(=O)n2-c2ccccc2OC)CCN(C(=O)c2ccc(Cl)c(Cl)c2)C3)cc1. The molecule has 8 nitrogen and oxygen atoms in total. The number of anilines is 1. The first-order valence-corrected chi connectivity index (χ1v) is 13.0. The van der Waals surface area contributed by atoms with Crippen LogP contribution in [0.5, 0.6) is 11.5 Å². The number of fused-ring (bicyclic) bond motifs is 1. The smallest absolute Gasteiger partial charge is 0.263 e. The number of hydrogen-bond donors (Lipinski definition) is 1. The van der Waals surface area contributed by atoms with E-state index in [4.69, 9.17) is 37.7 Å². The van der Waals surface area contributed by atoms with Gasteiger partial charge in [-0.05, 0) is 54.4 Å². The molecular weight excluding hydrogens is 539 g/mol. The van der Waals surface area contributed by atoms with E-state index in [0.717, 1.165) is 11.3 Å². The minimum Gasteiger partial charge on any atom is -0.497 e. The lowest BCUT2D eigenvalue weighted by atomic mass is 10.0. The Hall–Kier alpha value is -4.01. The van der Waals surface area contributed by atoms with Crippen molar-refractivity contribution in [2.45, 2.75) is 19.5 Å². The number of methoxy groups -OCH3 is 2. The predicted molar refractivity (Wildman–Crippen MR) is 152 cm³/mol. The number of halogens is 2. The Morgan fingerprint density at radius 2 is 1.77 bits per heavy atom. The Kier molecular flexibility index (Phi) is 7.77. The lowest BCUT2D eigenvalue weighted by Gasteiger charge is -2.29. The second kappa shape index (κ2) is 11.4. The first-order chi connectivity index (χ1) is 18.9. The van der Waals surface area contributed by atoms with Crippen LogP contribution in [0.3, 0.4) is 0 Å². The van der Waals surface area contributed by atoms with Gasteiger partial charge in [0.1, 0.15) is 11.5 Å². The third-order valence-electron chi connectivity index (χ3n) is 6.62. The third-order valence-corrected chi connectivity index (χ3v) is 7.36. The molecule has 3 aromatic carbocycles. The average molecular weight is 565 g/mol. The lowest BCUT2D eigenvalue weighted by Crippen LogP contribution is -2.40. The Morgan fingerprint density at radius 1 is 1.00 bits per heavy atom. The lowest BCUT2D eigenvalue weighted by molar-refractivity contribution is 0.0731. The summed E-state index contributed by atoms with van der Waals surface area (Å²) in [5, 5.41) is 4.00. The minimum absolute atomic E-state index is 0.188. The van der Waals surface area contributed by atoms with Crippen molar-refractivity contribution in [3.8, 4) is 17.2 Å². The van der Waals surface area contributed by atoms with Crippen molar-refractivity contribution in [2.75, 3.05) is 26.1 Å². The summed E-state index contributed by atoms with van der Waals surface area (Å²) < 4.78 is 12.3. The third kappa shape index (κ3) is 5.44. The number of carbonyl (C=O) groups excluding carboxylic acids is 1. The van der Waals surface area contributed by atoms with Gasteiger partial charge in [-0.15, -0.1) is 0 Å². The highest BCUT2D eigenvalue weighted by molar-refractivity contribution is 6.42. The van der Waals surface area contributed by atoms with Gasteiger partial charge in [0, 0.05) is 24.2 Å². The Morgan fingerprint density at radius 3 is 2.49 bits per heavy atom. The molecule has 5 rings (SSSR count). The molecule has 1 aliphatic heterocycles. The second-order valence-corrected chi connectivity index (χ2v) is 9.79. The number of benzene rings is 3. The zero-order valence-corrected chi connectivity index (χ0v) is 22.9. The van der Waals surface area contributed by atoms with Crippen LogP contribution in [0.4, 0.5) is 5.95 Å². The summed E-state index contributed by atoms with van der Waals surface area (Å²) in [6.45, 7) is 0.970. The Labute approximate surface area is 235 Å². The number of hydrogen-bond acceptors (Lipinski definition) is 6. The number of nitrogens with one attached hydrogen (secondary N) is 1. The van der Waals surface area contributed by atoms with E-state index < -0.39 is 0 Å². The van der Waals surface area contributed by atoms with Crippen LogP contribution in [0, 0.1) is 0 Å². The molecule has 1 N–H and O–H groups in total. The molecule has 0 fully saturated rings. The first kappa shape index (κ1) is 26.6. The van der Waals surface area contributed by atoms with Gasteiger partial charge in [0.05, 0.1) is 42.2 Å². The summed E-state index contributed by atoms with van der Waals surface area (Å²) >= 11 is 12.2. The number of nitrogens with zero attached hydrogens (tertiary/aromatic N) is 3. The predicted octanol–water partition coefficient (Wildman–Crippen LogP) is 5.37. The van der Waals surface area contributed by atoms with Gasteiger partial charge in [0.15, 0.2) is 0 Å². The van der Waals surface area contributed by atoms with Crippen molar-refractivity contribution in [3.05, 3.63) is 110 Å². The highest BCUT2D eigenvalue weighted by Gasteiger charge is 2.28. The minimum atomic E-state index is -0.206. The van der Waals surface area contributed by atoms with Crippen LogP contribution in [-0.4, -0.2) is 41.1 Å². The van der Waals surface area contributed by atoms with Crippen molar-refractivity contribution in [3.63, 3.8) is 0 Å². The molecule has 0 bridgehead atoms. The van der Waals surface area contributed by atoms with Crippen LogP contribution >= 0.6 is 23.2 Å². The van der Waals surface area contributed by atoms with E-state index in [1.165, 1.54) is 4.57 Å². The summed E-state index contributed by atoms with van der Waals surface area (Å²) in [4.78, 5) is 33.7. The molecule has 0 aliphatic carbocycles. The van der Waals surface area contributed by atoms with Gasteiger partial charge in [0.2, 0.25) is 5.95 Å². The second-order valence-electron chi connectivity index (χ2n) is 8.98. The number of carbonyl (C=O) groups is 1. The molecule has 10 heteroatoms. The fourth-order valence-electron chi connectivity index (χ4n) is 4.55. The van der Waals surface area contributed by atoms with Gasteiger partial charge in [-0.1, -0.05) is 47.5 Å². The van der Waals surface area contributed by atoms with Crippen LogP contribution in [0.15, 0.2) is 71.5 Å². The number of ether oxygens (including phenoxy) is 2. The maximum atomic E-state index is 13.9. The van der Waals surface area contributed by atoms with Gasteiger partial charge in [-0.25, -0.2) is 9.55 Å². The molecule has 0 saturated heterocycles. The van der Waals surface area contributed by atoms with Gasteiger partial charge in [-0.2, -0.15) is 0 Å². The molecule has 0 radical (unpaired) electrons. The molecule has 1 aliphatic rings. The fraction of sp³-hybridized carbons (Fsp3) is 0.207. The molecule has 0 atom stereocenters. The van der Waals surface area contributed by atoms with Crippen molar-refractivity contribution in [1.82, 2.24) is 14.5 Å². The number of rotatable bonds is 7. The van der Waals surface area contributed by atoms with E-state index in [9.17, 15) is 9.59 Å². The van der Waals surface area contributed by atoms with E-state index in [1.807, 2.05) is 42.5 Å². The van der Waals surface area contributed by atoms with E-state index in [0.29, 0.717) is 63.8 Å². The Bertz CT molecular complexity index is 1590. The molecular formula is C29H26Cl2N4O4. The number of amides is 1. The van der Waals surface area contributed by atoms with E-state index in [1.54, 1.807) is 43.4 Å². The number of para-hydroxylation sites is 2. The van der Waals surface area contributed by atoms with Crippen molar-refractivity contribution >= 4 is 35.1 Å². The highest BCUT2D eigenvalue weighted by Crippen LogP contribution is 2.28. The molecule has 39 heavy (non-hydrogen) atoms. The maximum Gasteiger partial charge on any atom is 0.263 e. The van der Waals surface area contributed by atoms with Crippen LogP contribution in [0.25, 0.3) is 5.69 Å². The molecule has 0 saturated carbocycles. The fourth-order valence-corrected chi connectivity index (χ4v) is 4.85. The normalized spacial score (nSPS) is 12.6. The van der Waals surface area contributed by atoms with Gasteiger partial charge in [0.25, 0.3) is 11.5 Å². The van der Waals surface area contributed by atoms with E-state index in [2.05, 4.69) is 5.32 Å². The summed E-state index contributed by atoms with van der Waals surface area (Å²) in [5.74, 6) is 1.44. The van der Waals surface area contributed by atoms with Crippen molar-refractivity contribution in [2.24, 2.45) is 0 Å². The average Bonchev–Trinajstić information content (AvgIpc) is 2.97. The van der Waals surface area contributed by atoms with Crippen molar-refractivity contribution in [1.29, 1.82) is 0 Å². The summed E-state index contributed by atoms with van der Waals surface area (Å²) in [6, 6.07) is 19.7. The molecule has 0 spiro atoms. The van der Waals surface area contributed by atoms with Gasteiger partial charge >= 0.3 is 0 Å². The van der Waals surface area contributed by atoms with Crippen LogP contribution in [0.2, 0.25) is 10.0 Å². The molecule has 200 valence electrons. The number of aromatic nitrogens is 2. The van der Waals surface area contributed by atoms with E-state index >= 15 is 0 Å². The molecule has 0 unspecified atom stereocenters. The Balaban J connectivity index is 1.52. The van der Waals surface area contributed by atoms with Crippen LogP contribution in [0.1, 0.15) is 27.2 Å². The highest BCUT2D eigenvalue weighted by atomic mass is 35.5. The van der Waals surface area contributed by atoms with Crippen LogP contribution < -0.4 is 20.3 Å². The quantitative estimate of drug-likeness (QED) is 0.325. The maximum absolute atomic E-state index is 13.9. The van der Waals surface area contributed by atoms with Gasteiger partial charge < -0.3 is 19.7 Å².